The summed E-state index contributed by atoms with van der Waals surface area (Å²) in [4.78, 5) is 22.6. The molecule has 4 aromatic rings. The Hall–Kier alpha value is -4.50. The Kier molecular flexibility index (Phi) is 8.21. The molecule has 3 heterocycles. The fourth-order valence-corrected chi connectivity index (χ4v) is 5.09. The molecule has 1 atom stereocenters. The molecule has 1 amide bonds. The van der Waals surface area contributed by atoms with Gasteiger partial charge in [0.15, 0.2) is 11.5 Å². The van der Waals surface area contributed by atoms with Crippen molar-refractivity contribution in [2.24, 2.45) is 0 Å². The van der Waals surface area contributed by atoms with Gasteiger partial charge in [-0.25, -0.2) is 9.78 Å². The van der Waals surface area contributed by atoms with Gasteiger partial charge in [0.25, 0.3) is 0 Å². The highest BCUT2D eigenvalue weighted by atomic mass is 35.5. The first-order valence-electron chi connectivity index (χ1n) is 12.9. The van der Waals surface area contributed by atoms with Gasteiger partial charge in [-0.05, 0) is 54.0 Å². The van der Waals surface area contributed by atoms with Crippen LogP contribution in [0.15, 0.2) is 86.2 Å². The van der Waals surface area contributed by atoms with Crippen LogP contribution in [0.1, 0.15) is 29.3 Å². The van der Waals surface area contributed by atoms with Gasteiger partial charge in [-0.2, -0.15) is 5.10 Å². The van der Waals surface area contributed by atoms with Crippen molar-refractivity contribution in [1.82, 2.24) is 24.6 Å². The van der Waals surface area contributed by atoms with E-state index >= 15 is 0 Å². The lowest BCUT2D eigenvalue weighted by Gasteiger charge is -2.35. The summed E-state index contributed by atoms with van der Waals surface area (Å²) in [7, 11) is 1.60. The number of benzene rings is 2. The second-order valence-corrected chi connectivity index (χ2v) is 9.69. The predicted molar refractivity (Wildman–Crippen MR) is 154 cm³/mol. The Bertz CT molecular complexity index is 1560. The number of amides is 1. The van der Waals surface area contributed by atoms with Gasteiger partial charge in [0, 0.05) is 41.1 Å². The second-order valence-electron chi connectivity index (χ2n) is 9.25. The van der Waals surface area contributed by atoms with Crippen molar-refractivity contribution in [3.63, 3.8) is 0 Å². The van der Waals surface area contributed by atoms with Crippen LogP contribution in [0.5, 0.6) is 11.5 Å². The van der Waals surface area contributed by atoms with Crippen molar-refractivity contribution in [2.75, 3.05) is 20.3 Å². The maximum atomic E-state index is 13.4. The summed E-state index contributed by atoms with van der Waals surface area (Å²) in [5.74, 6) is 1.41. The van der Waals surface area contributed by atoms with Crippen LogP contribution in [-0.2, 0) is 17.7 Å². The third-order valence-electron chi connectivity index (χ3n) is 6.72. The summed E-state index contributed by atoms with van der Waals surface area (Å²) < 4.78 is 19.1. The Morgan fingerprint density at radius 2 is 2.12 bits per heavy atom. The maximum absolute atomic E-state index is 13.4. The van der Waals surface area contributed by atoms with E-state index < -0.39 is 12.1 Å². The number of hydrogen-bond donors (Lipinski definition) is 1. The molecule has 5 rings (SSSR count). The zero-order chi connectivity index (χ0) is 28.1. The largest absolute Gasteiger partial charge is 0.493 e. The molecule has 0 bridgehead atoms. The molecule has 2 aromatic carbocycles. The van der Waals surface area contributed by atoms with Crippen LogP contribution in [0, 0.1) is 0 Å². The third-order valence-corrected chi connectivity index (χ3v) is 6.95. The fourth-order valence-electron chi connectivity index (χ4n) is 4.91. The number of rotatable bonds is 10. The average molecular weight is 560 g/mol. The quantitative estimate of drug-likeness (QED) is 0.141. The van der Waals surface area contributed by atoms with E-state index in [-0.39, 0.29) is 5.76 Å². The van der Waals surface area contributed by atoms with Crippen LogP contribution in [-0.4, -0.2) is 51.0 Å². The number of aryl methyl sites for hydroxylation is 1. The van der Waals surface area contributed by atoms with Crippen molar-refractivity contribution in [2.45, 2.75) is 25.4 Å². The first-order chi connectivity index (χ1) is 19.5. The zero-order valence-electron chi connectivity index (χ0n) is 22.2. The molecule has 10 heteroatoms. The molecular formula is C30H30ClN5O4. The summed E-state index contributed by atoms with van der Waals surface area (Å²) in [6, 6.07) is 11.0. The van der Waals surface area contributed by atoms with Crippen molar-refractivity contribution >= 4 is 28.6 Å². The minimum absolute atomic E-state index is 0.227. The topological polar surface area (TPSA) is 94.5 Å². The Balaban J connectivity index is 1.45. The number of halogens is 1. The highest BCUT2D eigenvalue weighted by molar-refractivity contribution is 6.31. The van der Waals surface area contributed by atoms with Gasteiger partial charge in [-0.1, -0.05) is 43.0 Å². The highest BCUT2D eigenvalue weighted by Crippen LogP contribution is 2.41. The molecule has 0 fully saturated rings. The lowest BCUT2D eigenvalue weighted by Crippen LogP contribution is -2.40. The van der Waals surface area contributed by atoms with E-state index in [4.69, 9.17) is 25.8 Å². The van der Waals surface area contributed by atoms with Crippen LogP contribution < -0.4 is 9.47 Å². The number of allylic oxidation sites excluding steroid dienone is 3. The molecule has 0 aliphatic carbocycles. The Labute approximate surface area is 237 Å². The van der Waals surface area contributed by atoms with Gasteiger partial charge in [-0.3, -0.25) is 9.58 Å². The average Bonchev–Trinajstić information content (AvgIpc) is 3.61. The number of H-pyrrole nitrogens is 1. The van der Waals surface area contributed by atoms with E-state index in [1.54, 1.807) is 41.2 Å². The molecule has 0 saturated heterocycles. The number of aromatic nitrogens is 4. The van der Waals surface area contributed by atoms with Gasteiger partial charge < -0.3 is 19.2 Å². The number of carbonyl (C=O) groups excluding carboxylic acids is 1. The standard InChI is InChI=1S/C30H30ClN5O4/c1-4-5-7-20(2)40-30(37)36-14-12-23-24-17-22(31)9-10-25(24)34-28(23)29(36)21-8-11-26(27(16-21)38-3)39-15-6-13-35-19-32-18-33-35/h4-5,7-11,16-19,29,34H,1-2,6,12-15H2,3H3/b7-5-. The molecule has 0 saturated carbocycles. The van der Waals surface area contributed by atoms with Crippen LogP contribution in [0.4, 0.5) is 4.79 Å². The number of fused-ring (bicyclic) bond motifs is 3. The van der Waals surface area contributed by atoms with Gasteiger partial charge in [0.2, 0.25) is 0 Å². The zero-order valence-corrected chi connectivity index (χ0v) is 22.9. The molecule has 9 nitrogen and oxygen atoms in total. The number of aromatic amines is 1. The predicted octanol–water partition coefficient (Wildman–Crippen LogP) is 6.23. The number of nitrogens with one attached hydrogen (secondary N) is 1. The fraction of sp³-hybridized carbons (Fsp3) is 0.233. The van der Waals surface area contributed by atoms with E-state index in [9.17, 15) is 4.79 Å². The SMILES string of the molecule is C=C/C=C\C(=C)OC(=O)N1CCc2c([nH]c3ccc(Cl)cc23)C1c1ccc(OCCCn2cncn2)c(OC)c1. The maximum Gasteiger partial charge on any atom is 0.416 e. The van der Waals surface area contributed by atoms with Gasteiger partial charge >= 0.3 is 6.09 Å². The number of carbonyl (C=O) groups is 1. The van der Waals surface area contributed by atoms with Gasteiger partial charge in [-0.15, -0.1) is 0 Å². The molecule has 0 spiro atoms. The molecular weight excluding hydrogens is 530 g/mol. The lowest BCUT2D eigenvalue weighted by atomic mass is 9.92. The molecule has 1 aliphatic rings. The molecule has 40 heavy (non-hydrogen) atoms. The van der Waals surface area contributed by atoms with E-state index in [0.29, 0.717) is 42.6 Å². The number of hydrogen-bond acceptors (Lipinski definition) is 6. The summed E-state index contributed by atoms with van der Waals surface area (Å²) >= 11 is 6.33. The molecule has 1 unspecified atom stereocenters. The summed E-state index contributed by atoms with van der Waals surface area (Å²) in [5, 5.41) is 5.81. The van der Waals surface area contributed by atoms with E-state index in [0.717, 1.165) is 34.1 Å². The summed E-state index contributed by atoms with van der Waals surface area (Å²) in [5.41, 5.74) is 3.81. The Morgan fingerprint density at radius 1 is 1.25 bits per heavy atom. The Morgan fingerprint density at radius 3 is 2.90 bits per heavy atom. The van der Waals surface area contributed by atoms with Gasteiger partial charge in [0.1, 0.15) is 24.5 Å². The van der Waals surface area contributed by atoms with Crippen molar-refractivity contribution in [3.8, 4) is 11.5 Å². The first kappa shape index (κ1) is 27.1. The minimum Gasteiger partial charge on any atom is -0.493 e. The summed E-state index contributed by atoms with van der Waals surface area (Å²) in [6.45, 7) is 9.09. The van der Waals surface area contributed by atoms with Crippen molar-refractivity contribution < 1.29 is 19.0 Å². The van der Waals surface area contributed by atoms with E-state index in [1.165, 1.54) is 6.33 Å². The third kappa shape index (κ3) is 5.74. The van der Waals surface area contributed by atoms with Crippen LogP contribution in [0.2, 0.25) is 5.02 Å². The van der Waals surface area contributed by atoms with Crippen LogP contribution >= 0.6 is 11.6 Å². The molecule has 206 valence electrons. The smallest absolute Gasteiger partial charge is 0.416 e. The molecule has 1 N–H and O–H groups in total. The molecule has 2 aromatic heterocycles. The highest BCUT2D eigenvalue weighted by Gasteiger charge is 2.36. The number of ether oxygens (including phenoxy) is 3. The van der Waals surface area contributed by atoms with E-state index in [2.05, 4.69) is 28.2 Å². The first-order valence-corrected chi connectivity index (χ1v) is 13.3. The van der Waals surface area contributed by atoms with Gasteiger partial charge in [0.05, 0.1) is 13.7 Å². The number of nitrogens with zero attached hydrogens (tertiary/aromatic N) is 4. The minimum atomic E-state index is -0.501. The second kappa shape index (κ2) is 12.1. The van der Waals surface area contributed by atoms with Crippen molar-refractivity contribution in [1.29, 1.82) is 0 Å². The number of methoxy groups -OCH3 is 1. The van der Waals surface area contributed by atoms with E-state index in [1.807, 2.05) is 36.4 Å². The van der Waals surface area contributed by atoms with Crippen molar-refractivity contribution in [3.05, 3.63) is 108 Å². The molecule has 0 radical (unpaired) electrons. The molecule has 1 aliphatic heterocycles. The van der Waals surface area contributed by atoms with Crippen LogP contribution in [0.25, 0.3) is 10.9 Å². The normalized spacial score (nSPS) is 14.8. The van der Waals surface area contributed by atoms with Crippen LogP contribution in [0.3, 0.4) is 0 Å². The monoisotopic (exact) mass is 559 g/mol. The summed E-state index contributed by atoms with van der Waals surface area (Å²) in [6.07, 6.45) is 8.92. The lowest BCUT2D eigenvalue weighted by molar-refractivity contribution is 0.115.